The minimum Gasteiger partial charge on any atom is -0.313 e. The van der Waals surface area contributed by atoms with Crippen LogP contribution in [0, 0.1) is 11.3 Å². The largest absolute Gasteiger partial charge is 0.313 e. The zero-order valence-corrected chi connectivity index (χ0v) is 14.8. The molecule has 0 saturated heterocycles. The smallest absolute Gasteiger partial charge is 0.0252 e. The third-order valence-electron chi connectivity index (χ3n) is 5.18. The Kier molecular flexibility index (Phi) is 7.53. The average molecular weight is 283 g/mol. The molecule has 120 valence electrons. The highest BCUT2D eigenvalue weighted by molar-refractivity contribution is 4.93. The van der Waals surface area contributed by atoms with Crippen LogP contribution >= 0.6 is 0 Å². The van der Waals surface area contributed by atoms with Crippen LogP contribution in [0.1, 0.15) is 73.6 Å². The third kappa shape index (κ3) is 5.04. The fraction of sp³-hybridized carbons (Fsp3) is 1.00. The van der Waals surface area contributed by atoms with Crippen LogP contribution in [-0.4, -0.2) is 36.6 Å². The molecule has 2 heteroatoms. The molecule has 0 bridgehead atoms. The zero-order valence-electron chi connectivity index (χ0n) is 14.8. The van der Waals surface area contributed by atoms with Crippen LogP contribution in [0.3, 0.4) is 0 Å². The van der Waals surface area contributed by atoms with Crippen LogP contribution in [0.5, 0.6) is 0 Å². The first-order valence-electron chi connectivity index (χ1n) is 8.91. The number of nitrogens with one attached hydrogen (secondary N) is 1. The standard InChI is InChI=1S/C18H38N2/c1-7-10-13-20(9-3)17-14-15(18(4,5)6)11-12-16(17)19-8-2/h15-17,19H,7-14H2,1-6H3. The van der Waals surface area contributed by atoms with E-state index < -0.39 is 0 Å². The van der Waals surface area contributed by atoms with Crippen LogP contribution < -0.4 is 5.32 Å². The number of hydrogen-bond donors (Lipinski definition) is 1. The normalized spacial score (nSPS) is 28.1. The minimum atomic E-state index is 0.458. The van der Waals surface area contributed by atoms with Crippen molar-refractivity contribution in [3.8, 4) is 0 Å². The summed E-state index contributed by atoms with van der Waals surface area (Å²) in [7, 11) is 0. The van der Waals surface area contributed by atoms with E-state index in [9.17, 15) is 0 Å². The highest BCUT2D eigenvalue weighted by Crippen LogP contribution is 2.39. The van der Waals surface area contributed by atoms with E-state index in [-0.39, 0.29) is 0 Å². The SMILES string of the molecule is CCCCN(CC)C1CC(C(C)(C)C)CCC1NCC. The predicted molar refractivity (Wildman–Crippen MR) is 90.2 cm³/mol. The van der Waals surface area contributed by atoms with Crippen LogP contribution in [0.25, 0.3) is 0 Å². The molecule has 2 nitrogen and oxygen atoms in total. The number of unbranched alkanes of at least 4 members (excludes halogenated alkanes) is 1. The average Bonchev–Trinajstić information content (AvgIpc) is 2.40. The van der Waals surface area contributed by atoms with Crippen LogP contribution in [0.2, 0.25) is 0 Å². The fourth-order valence-electron chi connectivity index (χ4n) is 3.76. The predicted octanol–water partition coefficient (Wildman–Crippen LogP) is 4.30. The van der Waals surface area contributed by atoms with Gasteiger partial charge in [0.25, 0.3) is 0 Å². The van der Waals surface area contributed by atoms with Crippen molar-refractivity contribution in [2.24, 2.45) is 11.3 Å². The molecule has 0 aromatic carbocycles. The van der Waals surface area contributed by atoms with Gasteiger partial charge in [0.1, 0.15) is 0 Å². The molecule has 0 radical (unpaired) electrons. The molecule has 3 unspecified atom stereocenters. The Morgan fingerprint density at radius 2 is 1.80 bits per heavy atom. The third-order valence-corrected chi connectivity index (χ3v) is 5.18. The van der Waals surface area contributed by atoms with Crippen molar-refractivity contribution in [2.75, 3.05) is 19.6 Å². The van der Waals surface area contributed by atoms with E-state index >= 15 is 0 Å². The Labute approximate surface area is 127 Å². The van der Waals surface area contributed by atoms with Gasteiger partial charge in [-0.25, -0.2) is 0 Å². The molecule has 0 amide bonds. The van der Waals surface area contributed by atoms with E-state index in [4.69, 9.17) is 0 Å². The summed E-state index contributed by atoms with van der Waals surface area (Å²) in [6, 6.07) is 1.44. The van der Waals surface area contributed by atoms with E-state index in [0.717, 1.165) is 18.5 Å². The van der Waals surface area contributed by atoms with E-state index in [0.29, 0.717) is 11.5 Å². The quantitative estimate of drug-likeness (QED) is 0.749. The summed E-state index contributed by atoms with van der Waals surface area (Å²) in [6.45, 7) is 17.7. The first-order valence-corrected chi connectivity index (χ1v) is 8.91. The molecule has 1 saturated carbocycles. The van der Waals surface area contributed by atoms with Gasteiger partial charge in [-0.15, -0.1) is 0 Å². The maximum atomic E-state index is 3.76. The Morgan fingerprint density at radius 1 is 1.10 bits per heavy atom. The van der Waals surface area contributed by atoms with E-state index in [1.807, 2.05) is 0 Å². The molecule has 3 atom stereocenters. The first kappa shape index (κ1) is 18.0. The minimum absolute atomic E-state index is 0.458. The molecule has 0 spiro atoms. The van der Waals surface area contributed by atoms with Gasteiger partial charge in [0.2, 0.25) is 0 Å². The Bertz CT molecular complexity index is 257. The molecule has 20 heavy (non-hydrogen) atoms. The number of rotatable bonds is 7. The van der Waals surface area contributed by atoms with Crippen molar-refractivity contribution in [1.82, 2.24) is 10.2 Å². The fourth-order valence-corrected chi connectivity index (χ4v) is 3.76. The summed E-state index contributed by atoms with van der Waals surface area (Å²) in [6.07, 6.45) is 6.76. The Hall–Kier alpha value is -0.0800. The monoisotopic (exact) mass is 282 g/mol. The van der Waals surface area contributed by atoms with E-state index in [2.05, 4.69) is 51.8 Å². The maximum absolute atomic E-state index is 3.76. The lowest BCUT2D eigenvalue weighted by molar-refractivity contribution is 0.0605. The van der Waals surface area contributed by atoms with Crippen LogP contribution in [-0.2, 0) is 0 Å². The lowest BCUT2D eigenvalue weighted by Crippen LogP contribution is -2.54. The molecule has 1 aliphatic rings. The molecule has 0 aromatic rings. The maximum Gasteiger partial charge on any atom is 0.0252 e. The van der Waals surface area contributed by atoms with Gasteiger partial charge in [-0.1, -0.05) is 48.0 Å². The summed E-state index contributed by atoms with van der Waals surface area (Å²) in [5, 5.41) is 3.76. The van der Waals surface area contributed by atoms with Gasteiger partial charge < -0.3 is 5.32 Å². The zero-order chi connectivity index (χ0) is 15.2. The van der Waals surface area contributed by atoms with Gasteiger partial charge in [-0.2, -0.15) is 0 Å². The number of hydrogen-bond acceptors (Lipinski definition) is 2. The highest BCUT2D eigenvalue weighted by Gasteiger charge is 2.37. The van der Waals surface area contributed by atoms with Crippen molar-refractivity contribution in [3.63, 3.8) is 0 Å². The highest BCUT2D eigenvalue weighted by atomic mass is 15.2. The van der Waals surface area contributed by atoms with E-state index in [1.54, 1.807) is 0 Å². The Balaban J connectivity index is 2.75. The summed E-state index contributed by atoms with van der Waals surface area (Å²) in [4.78, 5) is 2.74. The second-order valence-corrected chi connectivity index (χ2v) is 7.59. The van der Waals surface area contributed by atoms with Crippen LogP contribution in [0.4, 0.5) is 0 Å². The molecule has 1 aliphatic carbocycles. The van der Waals surface area contributed by atoms with Gasteiger partial charge in [-0.05, 0) is 56.7 Å². The number of likely N-dealkylation sites (N-methyl/N-ethyl adjacent to an activating group) is 2. The summed E-state index contributed by atoms with van der Waals surface area (Å²) < 4.78 is 0. The lowest BCUT2D eigenvalue weighted by atomic mass is 9.69. The van der Waals surface area contributed by atoms with Crippen molar-refractivity contribution in [3.05, 3.63) is 0 Å². The van der Waals surface area contributed by atoms with Gasteiger partial charge in [0.05, 0.1) is 0 Å². The van der Waals surface area contributed by atoms with Gasteiger partial charge in [0.15, 0.2) is 0 Å². The summed E-state index contributed by atoms with van der Waals surface area (Å²) >= 11 is 0. The molecule has 0 heterocycles. The molecule has 1 fully saturated rings. The molecular formula is C18H38N2. The van der Waals surface area contributed by atoms with Crippen molar-refractivity contribution in [1.29, 1.82) is 0 Å². The summed E-state index contributed by atoms with van der Waals surface area (Å²) in [5.41, 5.74) is 0.458. The van der Waals surface area contributed by atoms with Crippen molar-refractivity contribution >= 4 is 0 Å². The molecule has 1 N–H and O–H groups in total. The van der Waals surface area contributed by atoms with Crippen LogP contribution in [0.15, 0.2) is 0 Å². The molecule has 0 aromatic heterocycles. The number of nitrogens with zero attached hydrogens (tertiary/aromatic N) is 1. The van der Waals surface area contributed by atoms with Crippen molar-refractivity contribution in [2.45, 2.75) is 85.7 Å². The first-order chi connectivity index (χ1) is 9.43. The van der Waals surface area contributed by atoms with Gasteiger partial charge >= 0.3 is 0 Å². The Morgan fingerprint density at radius 3 is 2.30 bits per heavy atom. The van der Waals surface area contributed by atoms with E-state index in [1.165, 1.54) is 45.2 Å². The molecule has 1 rings (SSSR count). The van der Waals surface area contributed by atoms with Gasteiger partial charge in [0, 0.05) is 12.1 Å². The second-order valence-electron chi connectivity index (χ2n) is 7.59. The molecular weight excluding hydrogens is 244 g/mol. The van der Waals surface area contributed by atoms with Gasteiger partial charge in [-0.3, -0.25) is 4.90 Å². The molecule has 0 aliphatic heterocycles. The van der Waals surface area contributed by atoms with Crippen molar-refractivity contribution < 1.29 is 0 Å². The topological polar surface area (TPSA) is 15.3 Å². The second kappa shape index (κ2) is 8.38. The lowest BCUT2D eigenvalue weighted by Gasteiger charge is -2.46. The summed E-state index contributed by atoms with van der Waals surface area (Å²) in [5.74, 6) is 0.873.